The fourth-order valence-electron chi connectivity index (χ4n) is 3.31. The highest BCUT2D eigenvalue weighted by molar-refractivity contribution is 5.89. The highest BCUT2D eigenvalue weighted by atomic mass is 19.4. The number of rotatable bonds is 4. The Kier molecular flexibility index (Phi) is 7.13. The van der Waals surface area contributed by atoms with Gasteiger partial charge in [0.25, 0.3) is 0 Å². The smallest absolute Gasteiger partial charge is 0.401 e. The van der Waals surface area contributed by atoms with Crippen molar-refractivity contribution in [3.05, 3.63) is 54.3 Å². The van der Waals surface area contributed by atoms with Gasteiger partial charge in [-0.15, -0.1) is 0 Å². The minimum Gasteiger partial charge on any atom is -0.488 e. The number of fused-ring (bicyclic) bond motifs is 1. The van der Waals surface area contributed by atoms with E-state index in [-0.39, 0.29) is 6.10 Å². The standard InChI is InChI=1S/C16H19F3N2O.C5H8/c1-10-7-11(2)15(13-3-5-20-14(10)13)22-12-4-6-21(8-12)9-16(17,18)19;1-3-5-4-2/h3,5,7,12,20H,4,6,8-9H2,1-2H3;3-5H,1H2,2H3/b;5-4-/t12-;/m0./s1. The van der Waals surface area contributed by atoms with Crippen LogP contribution in [-0.4, -0.2) is 41.8 Å². The van der Waals surface area contributed by atoms with Crippen LogP contribution in [0.3, 0.4) is 0 Å². The first kappa shape index (κ1) is 21.1. The number of nitrogens with one attached hydrogen (secondary N) is 1. The second kappa shape index (κ2) is 9.13. The first-order chi connectivity index (χ1) is 12.7. The van der Waals surface area contributed by atoms with E-state index >= 15 is 0 Å². The third-order valence-corrected chi connectivity index (χ3v) is 4.42. The van der Waals surface area contributed by atoms with Crippen LogP contribution < -0.4 is 4.74 Å². The fourth-order valence-corrected chi connectivity index (χ4v) is 3.31. The van der Waals surface area contributed by atoms with Crippen LogP contribution in [0.1, 0.15) is 24.5 Å². The van der Waals surface area contributed by atoms with Crippen molar-refractivity contribution >= 4 is 10.9 Å². The number of halogens is 3. The van der Waals surface area contributed by atoms with Gasteiger partial charge in [0.15, 0.2) is 0 Å². The van der Waals surface area contributed by atoms with Crippen molar-refractivity contribution in [1.29, 1.82) is 0 Å². The van der Waals surface area contributed by atoms with Gasteiger partial charge < -0.3 is 9.72 Å². The summed E-state index contributed by atoms with van der Waals surface area (Å²) in [4.78, 5) is 4.59. The van der Waals surface area contributed by atoms with Crippen molar-refractivity contribution in [1.82, 2.24) is 9.88 Å². The van der Waals surface area contributed by atoms with E-state index in [0.29, 0.717) is 19.5 Å². The number of aromatic nitrogens is 1. The van der Waals surface area contributed by atoms with Crippen LogP contribution in [0.15, 0.2) is 43.1 Å². The van der Waals surface area contributed by atoms with Crippen LogP contribution in [0, 0.1) is 13.8 Å². The lowest BCUT2D eigenvalue weighted by Gasteiger charge is -2.19. The van der Waals surface area contributed by atoms with Gasteiger partial charge in [0.1, 0.15) is 11.9 Å². The van der Waals surface area contributed by atoms with Crippen LogP contribution in [0.2, 0.25) is 0 Å². The maximum absolute atomic E-state index is 12.5. The molecule has 2 aromatic rings. The number of ether oxygens (including phenoxy) is 1. The number of aromatic amines is 1. The zero-order chi connectivity index (χ0) is 20.0. The Morgan fingerprint density at radius 3 is 2.67 bits per heavy atom. The van der Waals surface area contributed by atoms with Gasteiger partial charge in [0, 0.05) is 24.7 Å². The fraction of sp³-hybridized carbons (Fsp3) is 0.429. The minimum absolute atomic E-state index is 0.193. The Labute approximate surface area is 158 Å². The summed E-state index contributed by atoms with van der Waals surface area (Å²) in [5.41, 5.74) is 3.17. The highest BCUT2D eigenvalue weighted by Crippen LogP contribution is 2.33. The zero-order valence-electron chi connectivity index (χ0n) is 16.1. The molecular weight excluding hydrogens is 353 g/mol. The number of hydrogen-bond donors (Lipinski definition) is 1. The van der Waals surface area contributed by atoms with Crippen molar-refractivity contribution in [2.75, 3.05) is 19.6 Å². The number of likely N-dealkylation sites (tertiary alicyclic amines) is 1. The average Bonchev–Trinajstić information content (AvgIpc) is 3.21. The van der Waals surface area contributed by atoms with E-state index in [9.17, 15) is 13.2 Å². The van der Waals surface area contributed by atoms with Gasteiger partial charge in [0.05, 0.1) is 12.1 Å². The monoisotopic (exact) mass is 380 g/mol. The van der Waals surface area contributed by atoms with E-state index in [4.69, 9.17) is 4.74 Å². The number of nitrogens with zero attached hydrogens (tertiary/aromatic N) is 1. The molecule has 1 N–H and O–H groups in total. The first-order valence-electron chi connectivity index (χ1n) is 9.02. The van der Waals surface area contributed by atoms with E-state index in [2.05, 4.69) is 11.6 Å². The Balaban J connectivity index is 0.000000465. The van der Waals surface area contributed by atoms with Gasteiger partial charge in [-0.3, -0.25) is 4.90 Å². The van der Waals surface area contributed by atoms with E-state index < -0.39 is 12.7 Å². The van der Waals surface area contributed by atoms with E-state index in [1.165, 1.54) is 4.90 Å². The molecule has 1 aromatic carbocycles. The molecule has 1 atom stereocenters. The minimum atomic E-state index is -4.15. The predicted octanol–water partition coefficient (Wildman–Crippen LogP) is 5.55. The average molecular weight is 380 g/mol. The van der Waals surface area contributed by atoms with E-state index in [1.807, 2.05) is 51.3 Å². The van der Waals surface area contributed by atoms with Crippen LogP contribution in [0.5, 0.6) is 5.75 Å². The maximum atomic E-state index is 12.5. The summed E-state index contributed by atoms with van der Waals surface area (Å²) < 4.78 is 43.4. The van der Waals surface area contributed by atoms with Crippen molar-refractivity contribution in [2.24, 2.45) is 0 Å². The molecule has 0 spiro atoms. The van der Waals surface area contributed by atoms with E-state index in [1.54, 1.807) is 6.08 Å². The van der Waals surface area contributed by atoms with Gasteiger partial charge in [0.2, 0.25) is 0 Å². The molecule has 1 fully saturated rings. The number of benzene rings is 1. The van der Waals surface area contributed by atoms with Crippen molar-refractivity contribution in [2.45, 2.75) is 39.5 Å². The SMILES string of the molecule is C=C/C=C\C.Cc1cc(C)c2[nH]ccc2c1O[C@H]1CCN(CC(F)(F)F)C1. The lowest BCUT2D eigenvalue weighted by Crippen LogP contribution is -2.33. The summed E-state index contributed by atoms with van der Waals surface area (Å²) in [5, 5.41) is 0.992. The molecule has 1 saturated heterocycles. The maximum Gasteiger partial charge on any atom is 0.401 e. The lowest BCUT2D eigenvalue weighted by molar-refractivity contribution is -0.144. The Bertz CT molecular complexity index is 793. The molecule has 0 unspecified atom stereocenters. The largest absolute Gasteiger partial charge is 0.488 e. The van der Waals surface area contributed by atoms with Gasteiger partial charge in [-0.1, -0.05) is 30.9 Å². The quantitative estimate of drug-likeness (QED) is 0.705. The molecule has 6 heteroatoms. The van der Waals surface area contributed by atoms with Crippen LogP contribution in [-0.2, 0) is 0 Å². The molecule has 0 radical (unpaired) electrons. The molecule has 0 aliphatic carbocycles. The highest BCUT2D eigenvalue weighted by Gasteiger charge is 2.35. The van der Waals surface area contributed by atoms with Crippen LogP contribution >= 0.6 is 0 Å². The number of hydrogen-bond acceptors (Lipinski definition) is 2. The summed E-state index contributed by atoms with van der Waals surface area (Å²) >= 11 is 0. The van der Waals surface area contributed by atoms with Crippen LogP contribution in [0.25, 0.3) is 10.9 Å². The van der Waals surface area contributed by atoms with E-state index in [0.717, 1.165) is 27.8 Å². The molecule has 0 bridgehead atoms. The molecule has 3 nitrogen and oxygen atoms in total. The van der Waals surface area contributed by atoms with Gasteiger partial charge >= 0.3 is 6.18 Å². The third-order valence-electron chi connectivity index (χ3n) is 4.42. The molecule has 1 aliphatic rings. The van der Waals surface area contributed by atoms with Crippen molar-refractivity contribution < 1.29 is 17.9 Å². The molecule has 3 rings (SSSR count). The summed E-state index contributed by atoms with van der Waals surface area (Å²) in [6.45, 7) is 9.30. The molecule has 0 amide bonds. The Morgan fingerprint density at radius 1 is 1.33 bits per heavy atom. The first-order valence-corrected chi connectivity index (χ1v) is 9.02. The number of allylic oxidation sites excluding steroid dienone is 3. The summed E-state index contributed by atoms with van der Waals surface area (Å²) in [7, 11) is 0. The molecule has 0 saturated carbocycles. The third kappa shape index (κ3) is 5.89. The molecule has 1 aliphatic heterocycles. The van der Waals surface area contributed by atoms with Crippen LogP contribution in [0.4, 0.5) is 13.2 Å². The van der Waals surface area contributed by atoms with Crippen molar-refractivity contribution in [3.63, 3.8) is 0 Å². The van der Waals surface area contributed by atoms with Crippen molar-refractivity contribution in [3.8, 4) is 5.75 Å². The summed E-state index contributed by atoms with van der Waals surface area (Å²) in [6.07, 6.45) is 3.71. The lowest BCUT2D eigenvalue weighted by atomic mass is 10.1. The molecular formula is C21H27F3N2O. The second-order valence-corrected chi connectivity index (χ2v) is 6.75. The van der Waals surface area contributed by atoms with Gasteiger partial charge in [-0.2, -0.15) is 13.2 Å². The normalized spacial score (nSPS) is 17.9. The number of aryl methyl sites for hydroxylation is 2. The number of alkyl halides is 3. The molecule has 1 aromatic heterocycles. The van der Waals surface area contributed by atoms with Gasteiger partial charge in [-0.25, -0.2) is 0 Å². The zero-order valence-corrected chi connectivity index (χ0v) is 16.1. The second-order valence-electron chi connectivity index (χ2n) is 6.75. The molecule has 148 valence electrons. The topological polar surface area (TPSA) is 28.3 Å². The summed E-state index contributed by atoms with van der Waals surface area (Å²) in [6, 6.07) is 3.99. The Morgan fingerprint density at radius 2 is 2.07 bits per heavy atom. The van der Waals surface area contributed by atoms with Gasteiger partial charge in [-0.05, 0) is 44.4 Å². The predicted molar refractivity (Wildman–Crippen MR) is 104 cm³/mol. The Hall–Kier alpha value is -2.21. The summed E-state index contributed by atoms with van der Waals surface area (Å²) in [5.74, 6) is 0.778. The molecule has 27 heavy (non-hydrogen) atoms. The number of H-pyrrole nitrogens is 1. The molecule has 2 heterocycles.